The summed E-state index contributed by atoms with van der Waals surface area (Å²) in [5, 5.41) is 3.31. The van der Waals surface area contributed by atoms with Crippen LogP contribution < -0.4 is 10.2 Å². The van der Waals surface area contributed by atoms with Gasteiger partial charge >= 0.3 is 0 Å². The van der Waals surface area contributed by atoms with Crippen LogP contribution in [0.1, 0.15) is 31.9 Å². The number of benzene rings is 1. The van der Waals surface area contributed by atoms with E-state index in [0.717, 1.165) is 12.5 Å². The highest BCUT2D eigenvalue weighted by Gasteiger charge is 2.40. The number of halogens is 1. The Hall–Kier alpha value is -1.03. The topological polar surface area (TPSA) is 65.0 Å². The SMILES string of the molecule is CCNC(=NCc1ccc(N(C)C)cc1C)N1CCS(=O)(=O)C(C)(C)C1.I. The molecule has 27 heavy (non-hydrogen) atoms. The van der Waals surface area contributed by atoms with Crippen LogP contribution in [0, 0.1) is 6.92 Å². The third-order valence-electron chi connectivity index (χ3n) is 4.92. The Balaban J connectivity index is 0.00000364. The number of hydrogen-bond donors (Lipinski definition) is 1. The summed E-state index contributed by atoms with van der Waals surface area (Å²) in [5.74, 6) is 0.951. The number of hydrogen-bond acceptors (Lipinski definition) is 4. The van der Waals surface area contributed by atoms with Crippen molar-refractivity contribution in [2.24, 2.45) is 4.99 Å². The van der Waals surface area contributed by atoms with Crippen molar-refractivity contribution in [1.82, 2.24) is 10.2 Å². The van der Waals surface area contributed by atoms with Crippen LogP contribution in [0.5, 0.6) is 0 Å². The predicted molar refractivity (Wildman–Crippen MR) is 125 cm³/mol. The standard InChI is InChI=1S/C19H32N4O2S.HI/c1-7-20-18(23-10-11-26(24,25)19(3,4)14-23)21-13-16-8-9-17(22(5)6)12-15(16)2;/h8-9,12H,7,10-11,13-14H2,1-6H3,(H,20,21);1H. The molecular formula is C19H33IN4O2S. The van der Waals surface area contributed by atoms with Crippen molar-refractivity contribution < 1.29 is 8.42 Å². The summed E-state index contributed by atoms with van der Waals surface area (Å²) in [4.78, 5) is 8.93. The van der Waals surface area contributed by atoms with Crippen molar-refractivity contribution in [2.45, 2.75) is 39.0 Å². The summed E-state index contributed by atoms with van der Waals surface area (Å²) in [6.45, 7) is 9.98. The number of aliphatic imine (C=N–C) groups is 1. The lowest BCUT2D eigenvalue weighted by atomic mass is 10.1. The van der Waals surface area contributed by atoms with Crippen LogP contribution >= 0.6 is 24.0 Å². The van der Waals surface area contributed by atoms with Gasteiger partial charge < -0.3 is 15.1 Å². The van der Waals surface area contributed by atoms with E-state index in [0.29, 0.717) is 19.6 Å². The van der Waals surface area contributed by atoms with Crippen LogP contribution in [0.3, 0.4) is 0 Å². The van der Waals surface area contributed by atoms with Gasteiger partial charge in [0, 0.05) is 39.4 Å². The molecule has 1 aromatic rings. The lowest BCUT2D eigenvalue weighted by Crippen LogP contribution is -2.57. The van der Waals surface area contributed by atoms with E-state index < -0.39 is 14.6 Å². The summed E-state index contributed by atoms with van der Waals surface area (Å²) >= 11 is 0. The first kappa shape index (κ1) is 24.0. The largest absolute Gasteiger partial charge is 0.378 e. The van der Waals surface area contributed by atoms with E-state index in [4.69, 9.17) is 4.99 Å². The maximum atomic E-state index is 12.2. The molecule has 6 nitrogen and oxygen atoms in total. The summed E-state index contributed by atoms with van der Waals surface area (Å²) < 4.78 is 23.7. The number of nitrogens with one attached hydrogen (secondary N) is 1. The van der Waals surface area contributed by atoms with Crippen LogP contribution in [-0.2, 0) is 16.4 Å². The summed E-state index contributed by atoms with van der Waals surface area (Å²) in [6, 6.07) is 6.37. The zero-order valence-electron chi connectivity index (χ0n) is 17.2. The molecule has 1 aliphatic heterocycles. The smallest absolute Gasteiger partial charge is 0.194 e. The van der Waals surface area contributed by atoms with Crippen LogP contribution in [0.15, 0.2) is 23.2 Å². The molecule has 0 spiro atoms. The highest BCUT2D eigenvalue weighted by Crippen LogP contribution is 2.24. The van der Waals surface area contributed by atoms with Gasteiger partial charge in [-0.3, -0.25) is 0 Å². The number of nitrogens with zero attached hydrogens (tertiary/aromatic N) is 3. The second-order valence-corrected chi connectivity index (χ2v) is 10.4. The van der Waals surface area contributed by atoms with Gasteiger partial charge in [0.05, 0.1) is 17.0 Å². The van der Waals surface area contributed by atoms with Gasteiger partial charge in [-0.15, -0.1) is 24.0 Å². The molecular weight excluding hydrogens is 475 g/mol. The molecule has 8 heteroatoms. The van der Waals surface area contributed by atoms with Crippen molar-refractivity contribution in [3.8, 4) is 0 Å². The number of sulfone groups is 1. The quantitative estimate of drug-likeness (QED) is 0.385. The molecule has 0 radical (unpaired) electrons. The molecule has 2 rings (SSSR count). The Morgan fingerprint density at radius 1 is 1.33 bits per heavy atom. The lowest BCUT2D eigenvalue weighted by molar-refractivity contribution is 0.353. The number of aryl methyl sites for hydroxylation is 1. The molecule has 0 bridgehead atoms. The molecule has 0 unspecified atom stereocenters. The van der Waals surface area contributed by atoms with Crippen molar-refractivity contribution >= 4 is 45.5 Å². The maximum absolute atomic E-state index is 12.2. The summed E-state index contributed by atoms with van der Waals surface area (Å²) in [5.41, 5.74) is 3.55. The number of guanidine groups is 1. The first-order valence-electron chi connectivity index (χ1n) is 9.10. The lowest BCUT2D eigenvalue weighted by Gasteiger charge is -2.39. The summed E-state index contributed by atoms with van der Waals surface area (Å²) in [7, 11) is 1.00. The van der Waals surface area contributed by atoms with E-state index >= 15 is 0 Å². The van der Waals surface area contributed by atoms with E-state index in [1.165, 1.54) is 16.8 Å². The van der Waals surface area contributed by atoms with Crippen LogP contribution in [-0.4, -0.2) is 63.5 Å². The Kier molecular flexibility index (Phi) is 8.40. The molecule has 1 heterocycles. The molecule has 0 aromatic heterocycles. The van der Waals surface area contributed by atoms with Gasteiger partial charge in [0.25, 0.3) is 0 Å². The minimum atomic E-state index is -3.06. The van der Waals surface area contributed by atoms with Crippen molar-refractivity contribution in [1.29, 1.82) is 0 Å². The Labute approximate surface area is 181 Å². The molecule has 1 saturated heterocycles. The molecule has 0 aliphatic carbocycles. The van der Waals surface area contributed by atoms with Gasteiger partial charge in [-0.1, -0.05) is 6.07 Å². The minimum absolute atomic E-state index is 0. The minimum Gasteiger partial charge on any atom is -0.378 e. The molecule has 154 valence electrons. The fraction of sp³-hybridized carbons (Fsp3) is 0.632. The molecule has 1 N–H and O–H groups in total. The maximum Gasteiger partial charge on any atom is 0.194 e. The highest BCUT2D eigenvalue weighted by molar-refractivity contribution is 14.0. The second-order valence-electron chi connectivity index (χ2n) is 7.68. The fourth-order valence-corrected chi connectivity index (χ4v) is 4.41. The molecule has 0 amide bonds. The molecule has 1 aromatic carbocycles. The van der Waals surface area contributed by atoms with E-state index in [-0.39, 0.29) is 29.7 Å². The van der Waals surface area contributed by atoms with Crippen molar-refractivity contribution in [3.05, 3.63) is 29.3 Å². The average molecular weight is 508 g/mol. The Bertz CT molecular complexity index is 776. The van der Waals surface area contributed by atoms with E-state index in [1.807, 2.05) is 21.0 Å². The first-order valence-corrected chi connectivity index (χ1v) is 10.7. The zero-order valence-corrected chi connectivity index (χ0v) is 20.4. The normalized spacial score (nSPS) is 18.6. The van der Waals surface area contributed by atoms with Gasteiger partial charge in [-0.25, -0.2) is 13.4 Å². The van der Waals surface area contributed by atoms with Gasteiger partial charge in [-0.05, 0) is 51.0 Å². The monoisotopic (exact) mass is 508 g/mol. The highest BCUT2D eigenvalue weighted by atomic mass is 127. The number of anilines is 1. The first-order chi connectivity index (χ1) is 12.1. The Morgan fingerprint density at radius 3 is 2.52 bits per heavy atom. The third kappa shape index (κ3) is 5.73. The van der Waals surface area contributed by atoms with Crippen LogP contribution in [0.25, 0.3) is 0 Å². The second kappa shape index (κ2) is 9.45. The molecule has 1 aliphatic rings. The van der Waals surface area contributed by atoms with Crippen molar-refractivity contribution in [3.63, 3.8) is 0 Å². The fourth-order valence-electron chi connectivity index (χ4n) is 3.05. The van der Waals surface area contributed by atoms with E-state index in [2.05, 4.69) is 40.2 Å². The van der Waals surface area contributed by atoms with E-state index in [9.17, 15) is 8.42 Å². The van der Waals surface area contributed by atoms with Gasteiger partial charge in [-0.2, -0.15) is 0 Å². The molecule has 0 saturated carbocycles. The molecule has 1 fully saturated rings. The van der Waals surface area contributed by atoms with Gasteiger partial charge in [0.15, 0.2) is 15.8 Å². The van der Waals surface area contributed by atoms with Gasteiger partial charge in [0.2, 0.25) is 0 Å². The Morgan fingerprint density at radius 2 is 2.00 bits per heavy atom. The third-order valence-corrected chi connectivity index (χ3v) is 7.45. The van der Waals surface area contributed by atoms with Crippen LogP contribution in [0.2, 0.25) is 0 Å². The summed E-state index contributed by atoms with van der Waals surface area (Å²) in [6.07, 6.45) is 0. The van der Waals surface area contributed by atoms with Crippen molar-refractivity contribution in [2.75, 3.05) is 44.4 Å². The predicted octanol–water partition coefficient (Wildman–Crippen LogP) is 2.65. The van der Waals surface area contributed by atoms with Crippen LogP contribution in [0.4, 0.5) is 5.69 Å². The number of rotatable bonds is 4. The van der Waals surface area contributed by atoms with Gasteiger partial charge in [0.1, 0.15) is 0 Å². The van der Waals surface area contributed by atoms with E-state index in [1.54, 1.807) is 13.8 Å². The zero-order chi connectivity index (χ0) is 19.5. The average Bonchev–Trinajstić information content (AvgIpc) is 2.55. The molecule has 0 atom stereocenters.